The van der Waals surface area contributed by atoms with Gasteiger partial charge in [-0.1, -0.05) is 25.5 Å². The van der Waals surface area contributed by atoms with Crippen molar-refractivity contribution in [3.63, 3.8) is 0 Å². The molecule has 1 aromatic rings. The van der Waals surface area contributed by atoms with Gasteiger partial charge in [0.15, 0.2) is 0 Å². The number of hydrogen-bond donors (Lipinski definition) is 0. The average molecular weight is 345 g/mol. The predicted molar refractivity (Wildman–Crippen MR) is 96.8 cm³/mol. The van der Waals surface area contributed by atoms with E-state index in [1.807, 2.05) is 34.1 Å². The maximum absolute atomic E-state index is 12.7. The van der Waals surface area contributed by atoms with Crippen LogP contribution in [0.1, 0.15) is 26.2 Å². The Kier molecular flexibility index (Phi) is 5.91. The number of fused-ring (bicyclic) bond motifs is 1. The fourth-order valence-electron chi connectivity index (χ4n) is 3.35. The number of nitrogens with zero attached hydrogens (tertiary/aromatic N) is 3. The second-order valence-corrected chi connectivity index (χ2v) is 6.62. The first-order chi connectivity index (χ1) is 12.2. The first-order valence-electron chi connectivity index (χ1n) is 9.21. The number of hydrogen-bond acceptors (Lipinski definition) is 4. The highest BCUT2D eigenvalue weighted by molar-refractivity contribution is 5.96. The molecule has 0 saturated carbocycles. The molecule has 6 heteroatoms. The zero-order valence-electron chi connectivity index (χ0n) is 14.9. The molecule has 0 spiro atoms. The van der Waals surface area contributed by atoms with E-state index >= 15 is 0 Å². The summed E-state index contributed by atoms with van der Waals surface area (Å²) in [7, 11) is 0. The lowest BCUT2D eigenvalue weighted by Crippen LogP contribution is -2.52. The van der Waals surface area contributed by atoms with E-state index in [0.717, 1.165) is 50.5 Å². The van der Waals surface area contributed by atoms with Crippen LogP contribution in [0.4, 0.5) is 5.69 Å². The van der Waals surface area contributed by atoms with Crippen LogP contribution in [0, 0.1) is 0 Å². The van der Waals surface area contributed by atoms with Gasteiger partial charge in [0, 0.05) is 32.6 Å². The minimum atomic E-state index is 0.0986. The number of rotatable bonds is 5. The molecule has 25 heavy (non-hydrogen) atoms. The van der Waals surface area contributed by atoms with Crippen molar-refractivity contribution in [1.29, 1.82) is 0 Å². The van der Waals surface area contributed by atoms with Gasteiger partial charge < -0.3 is 14.5 Å². The van der Waals surface area contributed by atoms with Crippen molar-refractivity contribution in [1.82, 2.24) is 9.80 Å². The van der Waals surface area contributed by atoms with Gasteiger partial charge in [-0.15, -0.1) is 0 Å². The summed E-state index contributed by atoms with van der Waals surface area (Å²) in [5.74, 6) is 1.12. The molecular formula is C19H27N3O3. The third-order valence-electron chi connectivity index (χ3n) is 4.86. The highest BCUT2D eigenvalue weighted by Gasteiger charge is 2.27. The second-order valence-electron chi connectivity index (χ2n) is 6.62. The standard InChI is InChI=1S/C19H27N3O3/c1-2-3-8-18(23)21-11-9-20(10-12-21)15-19(24)22-13-14-25-17-7-5-4-6-16(17)22/h4-7H,2-3,8-15H2,1H3. The number of ether oxygens (including phenoxy) is 1. The summed E-state index contributed by atoms with van der Waals surface area (Å²) in [5.41, 5.74) is 0.854. The van der Waals surface area contributed by atoms with Crippen LogP contribution in [0.15, 0.2) is 24.3 Å². The Morgan fingerprint density at radius 3 is 2.56 bits per heavy atom. The predicted octanol–water partition coefficient (Wildman–Crippen LogP) is 1.75. The molecule has 2 amide bonds. The molecule has 0 N–H and O–H groups in total. The molecule has 0 aliphatic carbocycles. The van der Waals surface area contributed by atoms with Crippen molar-refractivity contribution in [2.45, 2.75) is 26.2 Å². The first kappa shape index (κ1) is 17.7. The molecule has 0 unspecified atom stereocenters. The number of benzene rings is 1. The normalized spacial score (nSPS) is 17.8. The maximum Gasteiger partial charge on any atom is 0.241 e. The van der Waals surface area contributed by atoms with Gasteiger partial charge in [-0.3, -0.25) is 14.5 Å². The zero-order chi connectivity index (χ0) is 17.6. The smallest absolute Gasteiger partial charge is 0.241 e. The number of carbonyl (C=O) groups excluding carboxylic acids is 2. The molecule has 3 rings (SSSR count). The van der Waals surface area contributed by atoms with Crippen LogP contribution in [0.25, 0.3) is 0 Å². The van der Waals surface area contributed by atoms with E-state index in [1.54, 1.807) is 0 Å². The number of para-hydroxylation sites is 2. The highest BCUT2D eigenvalue weighted by Crippen LogP contribution is 2.31. The van der Waals surface area contributed by atoms with Crippen LogP contribution in [-0.4, -0.2) is 67.5 Å². The Labute approximate surface area is 149 Å². The molecule has 0 aromatic heterocycles. The number of anilines is 1. The molecule has 1 aromatic carbocycles. The maximum atomic E-state index is 12.7. The minimum Gasteiger partial charge on any atom is -0.490 e. The van der Waals surface area contributed by atoms with Crippen LogP contribution in [0.5, 0.6) is 5.75 Å². The van der Waals surface area contributed by atoms with E-state index in [4.69, 9.17) is 4.74 Å². The van der Waals surface area contributed by atoms with Gasteiger partial charge in [0.25, 0.3) is 0 Å². The van der Waals surface area contributed by atoms with Gasteiger partial charge in [0.1, 0.15) is 12.4 Å². The van der Waals surface area contributed by atoms with Gasteiger partial charge in [0.2, 0.25) is 11.8 Å². The lowest BCUT2D eigenvalue weighted by Gasteiger charge is -2.36. The van der Waals surface area contributed by atoms with Gasteiger partial charge in [-0.05, 0) is 18.6 Å². The molecular weight excluding hydrogens is 318 g/mol. The van der Waals surface area contributed by atoms with Gasteiger partial charge in [0.05, 0.1) is 18.8 Å². The molecule has 0 bridgehead atoms. The van der Waals surface area contributed by atoms with Crippen LogP contribution in [0.2, 0.25) is 0 Å². The highest BCUT2D eigenvalue weighted by atomic mass is 16.5. The zero-order valence-corrected chi connectivity index (χ0v) is 14.9. The Morgan fingerprint density at radius 2 is 1.80 bits per heavy atom. The Bertz CT molecular complexity index is 612. The number of carbonyl (C=O) groups is 2. The van der Waals surface area contributed by atoms with E-state index in [2.05, 4.69) is 11.8 Å². The molecule has 6 nitrogen and oxygen atoms in total. The van der Waals surface area contributed by atoms with Crippen molar-refractivity contribution in [3.8, 4) is 5.75 Å². The summed E-state index contributed by atoms with van der Waals surface area (Å²) in [6.45, 7) is 6.57. The fraction of sp³-hybridized carbons (Fsp3) is 0.579. The molecule has 2 heterocycles. The van der Waals surface area contributed by atoms with Crippen LogP contribution < -0.4 is 9.64 Å². The quantitative estimate of drug-likeness (QED) is 0.816. The summed E-state index contributed by atoms with van der Waals surface area (Å²) in [6.07, 6.45) is 2.63. The molecule has 2 aliphatic heterocycles. The van der Waals surface area contributed by atoms with E-state index in [-0.39, 0.29) is 11.8 Å². The van der Waals surface area contributed by atoms with Crippen LogP contribution >= 0.6 is 0 Å². The summed E-state index contributed by atoms with van der Waals surface area (Å²) in [6, 6.07) is 7.67. The third-order valence-corrected chi connectivity index (χ3v) is 4.86. The molecule has 0 atom stereocenters. The van der Waals surface area contributed by atoms with E-state index in [0.29, 0.717) is 26.1 Å². The summed E-state index contributed by atoms with van der Waals surface area (Å²) in [4.78, 5) is 30.7. The third kappa shape index (κ3) is 4.31. The Balaban J connectivity index is 1.51. The van der Waals surface area contributed by atoms with Crippen molar-refractivity contribution in [3.05, 3.63) is 24.3 Å². The van der Waals surface area contributed by atoms with Crippen LogP contribution in [-0.2, 0) is 9.59 Å². The second kappa shape index (κ2) is 8.34. The number of amides is 2. The molecule has 0 radical (unpaired) electrons. The van der Waals surface area contributed by atoms with E-state index in [9.17, 15) is 9.59 Å². The molecule has 136 valence electrons. The van der Waals surface area contributed by atoms with Crippen molar-refractivity contribution >= 4 is 17.5 Å². The van der Waals surface area contributed by atoms with Gasteiger partial charge in [-0.25, -0.2) is 0 Å². The monoisotopic (exact) mass is 345 g/mol. The SMILES string of the molecule is CCCCC(=O)N1CCN(CC(=O)N2CCOc3ccccc32)CC1. The Hall–Kier alpha value is -2.08. The lowest BCUT2D eigenvalue weighted by atomic mass is 10.2. The summed E-state index contributed by atoms with van der Waals surface area (Å²) >= 11 is 0. The van der Waals surface area contributed by atoms with Gasteiger partial charge in [-0.2, -0.15) is 0 Å². The number of piperazine rings is 1. The Morgan fingerprint density at radius 1 is 1.04 bits per heavy atom. The van der Waals surface area contributed by atoms with Crippen molar-refractivity contribution in [2.75, 3.05) is 50.8 Å². The van der Waals surface area contributed by atoms with Crippen molar-refractivity contribution in [2.24, 2.45) is 0 Å². The van der Waals surface area contributed by atoms with E-state index < -0.39 is 0 Å². The molecule has 1 fully saturated rings. The summed E-state index contributed by atoms with van der Waals surface area (Å²) < 4.78 is 5.61. The van der Waals surface area contributed by atoms with E-state index in [1.165, 1.54) is 0 Å². The first-order valence-corrected chi connectivity index (χ1v) is 9.21. The van der Waals surface area contributed by atoms with Crippen LogP contribution in [0.3, 0.4) is 0 Å². The fourth-order valence-corrected chi connectivity index (χ4v) is 3.35. The average Bonchev–Trinajstić information content (AvgIpc) is 2.66. The van der Waals surface area contributed by atoms with Gasteiger partial charge >= 0.3 is 0 Å². The number of unbranched alkanes of at least 4 members (excludes halogenated alkanes) is 1. The minimum absolute atomic E-state index is 0.0986. The topological polar surface area (TPSA) is 53.1 Å². The summed E-state index contributed by atoms with van der Waals surface area (Å²) in [5, 5.41) is 0. The molecule has 1 saturated heterocycles. The molecule has 2 aliphatic rings. The van der Waals surface area contributed by atoms with Crippen molar-refractivity contribution < 1.29 is 14.3 Å². The lowest BCUT2D eigenvalue weighted by molar-refractivity contribution is -0.133. The largest absolute Gasteiger partial charge is 0.490 e.